The number of piperidine rings is 1. The largest absolute Gasteiger partial charge is 0.345 e. The molecular formula is C20H19ClF2N6O. The molecule has 2 aromatic heterocycles. The number of halogens is 3. The third-order valence-corrected chi connectivity index (χ3v) is 5.47. The van der Waals surface area contributed by atoms with Gasteiger partial charge in [0.05, 0.1) is 16.9 Å². The lowest BCUT2D eigenvalue weighted by Gasteiger charge is -2.33. The summed E-state index contributed by atoms with van der Waals surface area (Å²) in [5.41, 5.74) is 1.93. The number of nitrogens with zero attached hydrogens (tertiary/aromatic N) is 4. The lowest BCUT2D eigenvalue weighted by molar-refractivity contribution is 0.0913. The third-order valence-electron chi connectivity index (χ3n) is 5.19. The average molecular weight is 433 g/mol. The Hall–Kier alpha value is -2.91. The highest BCUT2D eigenvalue weighted by atomic mass is 35.5. The molecule has 2 N–H and O–H groups in total. The smallest absolute Gasteiger partial charge is 0.289 e. The normalized spacial score (nSPS) is 18.9. The van der Waals surface area contributed by atoms with Gasteiger partial charge in [0, 0.05) is 43.5 Å². The van der Waals surface area contributed by atoms with Crippen LogP contribution in [0, 0.1) is 11.6 Å². The van der Waals surface area contributed by atoms with E-state index in [0.29, 0.717) is 41.4 Å². The summed E-state index contributed by atoms with van der Waals surface area (Å²) in [5, 5.41) is 10.6. The Bertz CT molecular complexity index is 1050. The van der Waals surface area contributed by atoms with Crippen LogP contribution in [-0.2, 0) is 7.05 Å². The van der Waals surface area contributed by atoms with Crippen molar-refractivity contribution in [3.05, 3.63) is 64.8 Å². The number of hydrogen-bond donors (Lipinski definition) is 2. The molecule has 156 valence electrons. The number of aryl methyl sites for hydroxylation is 1. The van der Waals surface area contributed by atoms with E-state index < -0.39 is 17.5 Å². The molecule has 0 aliphatic carbocycles. The molecule has 3 aromatic rings. The van der Waals surface area contributed by atoms with Gasteiger partial charge in [0.1, 0.15) is 0 Å². The van der Waals surface area contributed by atoms with Gasteiger partial charge in [-0.3, -0.25) is 9.48 Å². The summed E-state index contributed by atoms with van der Waals surface area (Å²) in [5.74, 6) is -2.39. The first-order valence-corrected chi connectivity index (χ1v) is 9.78. The molecule has 30 heavy (non-hydrogen) atoms. The topological polar surface area (TPSA) is 84.7 Å². The summed E-state index contributed by atoms with van der Waals surface area (Å²) >= 11 is 6.13. The summed E-state index contributed by atoms with van der Waals surface area (Å²) < 4.78 is 28.6. The molecule has 0 saturated carbocycles. The van der Waals surface area contributed by atoms with Crippen molar-refractivity contribution in [2.75, 3.05) is 13.1 Å². The van der Waals surface area contributed by atoms with Gasteiger partial charge >= 0.3 is 0 Å². The van der Waals surface area contributed by atoms with Crippen LogP contribution in [0.25, 0.3) is 11.3 Å². The summed E-state index contributed by atoms with van der Waals surface area (Å²) in [4.78, 5) is 21.0. The van der Waals surface area contributed by atoms with Crippen LogP contribution in [0.2, 0.25) is 5.02 Å². The van der Waals surface area contributed by atoms with Crippen LogP contribution >= 0.6 is 11.6 Å². The Balaban J connectivity index is 1.51. The number of aromatic nitrogens is 4. The predicted molar refractivity (Wildman–Crippen MR) is 107 cm³/mol. The van der Waals surface area contributed by atoms with Crippen LogP contribution in [-0.4, -0.2) is 44.8 Å². The molecule has 3 heterocycles. The quantitative estimate of drug-likeness (QED) is 0.662. The van der Waals surface area contributed by atoms with Crippen LogP contribution in [0.3, 0.4) is 0 Å². The van der Waals surface area contributed by atoms with Crippen molar-refractivity contribution in [2.45, 2.75) is 18.4 Å². The number of carbonyl (C=O) groups excluding carboxylic acids is 1. The summed E-state index contributed by atoms with van der Waals surface area (Å²) in [7, 11) is 1.75. The minimum atomic E-state index is -0.899. The van der Waals surface area contributed by atoms with Crippen molar-refractivity contribution in [1.29, 1.82) is 0 Å². The maximum absolute atomic E-state index is 13.7. The lowest BCUT2D eigenvalue weighted by atomic mass is 9.86. The Morgan fingerprint density at radius 2 is 2.00 bits per heavy atom. The van der Waals surface area contributed by atoms with Gasteiger partial charge in [-0.1, -0.05) is 17.7 Å². The molecule has 7 nitrogen and oxygen atoms in total. The van der Waals surface area contributed by atoms with Gasteiger partial charge in [-0.25, -0.2) is 18.7 Å². The van der Waals surface area contributed by atoms with E-state index in [4.69, 9.17) is 11.6 Å². The van der Waals surface area contributed by atoms with Crippen LogP contribution in [0.1, 0.15) is 28.5 Å². The summed E-state index contributed by atoms with van der Waals surface area (Å²) in [6.07, 6.45) is 5.22. The molecule has 1 aromatic carbocycles. The Morgan fingerprint density at radius 3 is 2.67 bits per heavy atom. The highest BCUT2D eigenvalue weighted by Crippen LogP contribution is 2.28. The lowest BCUT2D eigenvalue weighted by Crippen LogP contribution is -2.50. The number of hydrogen-bond acceptors (Lipinski definition) is 5. The maximum atomic E-state index is 13.7. The van der Waals surface area contributed by atoms with Gasteiger partial charge in [0.25, 0.3) is 5.91 Å². The molecule has 2 atom stereocenters. The minimum Gasteiger partial charge on any atom is -0.345 e. The van der Waals surface area contributed by atoms with E-state index in [9.17, 15) is 13.6 Å². The second-order valence-electron chi connectivity index (χ2n) is 7.11. The van der Waals surface area contributed by atoms with E-state index in [0.717, 1.165) is 6.07 Å². The van der Waals surface area contributed by atoms with Crippen molar-refractivity contribution < 1.29 is 13.6 Å². The average Bonchev–Trinajstić information content (AvgIpc) is 3.08. The van der Waals surface area contributed by atoms with E-state index in [2.05, 4.69) is 25.7 Å². The molecule has 1 aliphatic rings. The molecule has 0 radical (unpaired) electrons. The van der Waals surface area contributed by atoms with Crippen molar-refractivity contribution in [3.8, 4) is 11.3 Å². The fraction of sp³-hybridized carbons (Fsp3) is 0.300. The van der Waals surface area contributed by atoms with E-state index in [1.165, 1.54) is 24.7 Å². The van der Waals surface area contributed by atoms with Crippen LogP contribution < -0.4 is 10.6 Å². The van der Waals surface area contributed by atoms with Crippen molar-refractivity contribution >= 4 is 17.5 Å². The number of nitrogens with one attached hydrogen (secondary N) is 2. The maximum Gasteiger partial charge on any atom is 0.289 e. The molecule has 1 saturated heterocycles. The zero-order valence-corrected chi connectivity index (χ0v) is 16.8. The van der Waals surface area contributed by atoms with E-state index in [1.54, 1.807) is 17.8 Å². The Labute approximate surface area is 176 Å². The first-order chi connectivity index (χ1) is 14.4. The summed E-state index contributed by atoms with van der Waals surface area (Å²) in [6, 6.07) is 3.53. The molecule has 0 unspecified atom stereocenters. The molecule has 0 spiro atoms. The predicted octanol–water partition coefficient (Wildman–Crippen LogP) is 2.68. The minimum absolute atomic E-state index is 0.00616. The first kappa shape index (κ1) is 20.4. The fourth-order valence-corrected chi connectivity index (χ4v) is 3.96. The van der Waals surface area contributed by atoms with Crippen molar-refractivity contribution in [3.63, 3.8) is 0 Å². The van der Waals surface area contributed by atoms with E-state index >= 15 is 0 Å². The molecule has 1 fully saturated rings. The number of benzene rings is 1. The fourth-order valence-electron chi connectivity index (χ4n) is 3.69. The van der Waals surface area contributed by atoms with Crippen LogP contribution in [0.4, 0.5) is 8.78 Å². The number of amides is 1. The van der Waals surface area contributed by atoms with E-state index in [-0.39, 0.29) is 17.8 Å². The van der Waals surface area contributed by atoms with E-state index in [1.807, 2.05) is 0 Å². The molecule has 4 rings (SSSR count). The molecule has 10 heteroatoms. The zero-order valence-electron chi connectivity index (χ0n) is 16.1. The highest BCUT2D eigenvalue weighted by molar-refractivity contribution is 6.33. The third kappa shape index (κ3) is 4.03. The second-order valence-corrected chi connectivity index (χ2v) is 7.52. The van der Waals surface area contributed by atoms with Gasteiger partial charge < -0.3 is 10.6 Å². The SMILES string of the molecule is Cn1ncc(Cl)c1-c1cnc(C(=O)N[C@@H]2CNCC[C@H]2c2ccc(F)c(F)c2)nc1. The first-order valence-electron chi connectivity index (χ1n) is 9.40. The van der Waals surface area contributed by atoms with Gasteiger partial charge in [0.2, 0.25) is 5.82 Å². The molecule has 1 aliphatic heterocycles. The van der Waals surface area contributed by atoms with Gasteiger partial charge in [-0.2, -0.15) is 5.10 Å². The Kier molecular flexibility index (Phi) is 5.74. The second kappa shape index (κ2) is 8.45. The standard InChI is InChI=1S/C20H19ClF2N6O/c1-29-18(14(21)9-27-29)12-7-25-19(26-8-12)20(30)28-17-10-24-5-4-13(17)11-2-3-15(22)16(23)6-11/h2-3,6-9,13,17,24H,4-5,10H2,1H3,(H,28,30)/t13-,17+/m0/s1. The van der Waals surface area contributed by atoms with Gasteiger partial charge in [-0.15, -0.1) is 0 Å². The molecular weight excluding hydrogens is 414 g/mol. The van der Waals surface area contributed by atoms with Crippen molar-refractivity contribution in [1.82, 2.24) is 30.4 Å². The molecule has 1 amide bonds. The highest BCUT2D eigenvalue weighted by Gasteiger charge is 2.29. The van der Waals surface area contributed by atoms with Crippen LogP contribution in [0.5, 0.6) is 0 Å². The zero-order chi connectivity index (χ0) is 21.3. The Morgan fingerprint density at radius 1 is 1.23 bits per heavy atom. The van der Waals surface area contributed by atoms with Crippen molar-refractivity contribution in [2.24, 2.45) is 7.05 Å². The number of rotatable bonds is 4. The molecule has 0 bridgehead atoms. The van der Waals surface area contributed by atoms with Gasteiger partial charge in [0.15, 0.2) is 11.6 Å². The number of carbonyl (C=O) groups is 1. The van der Waals surface area contributed by atoms with Crippen LogP contribution in [0.15, 0.2) is 36.8 Å². The summed E-state index contributed by atoms with van der Waals surface area (Å²) in [6.45, 7) is 1.21. The monoisotopic (exact) mass is 432 g/mol. The van der Waals surface area contributed by atoms with Gasteiger partial charge in [-0.05, 0) is 30.7 Å².